The van der Waals surface area contributed by atoms with Gasteiger partial charge in [-0.3, -0.25) is 0 Å². The Bertz CT molecular complexity index is 303. The van der Waals surface area contributed by atoms with Crippen molar-refractivity contribution in [2.45, 2.75) is 13.8 Å². The SMILES string of the molecule is CNc1ccc(C)cc1C(C)=N. The Morgan fingerprint density at radius 2 is 2.08 bits per heavy atom. The fourth-order valence-electron chi connectivity index (χ4n) is 1.19. The van der Waals surface area contributed by atoms with Crippen LogP contribution in [0.15, 0.2) is 18.2 Å². The summed E-state index contributed by atoms with van der Waals surface area (Å²) >= 11 is 0. The molecule has 0 fully saturated rings. The molecule has 0 spiro atoms. The summed E-state index contributed by atoms with van der Waals surface area (Å²) in [5.41, 5.74) is 3.80. The van der Waals surface area contributed by atoms with Crippen LogP contribution in [0, 0.1) is 12.3 Å². The molecule has 0 aromatic heterocycles. The number of benzene rings is 1. The van der Waals surface area contributed by atoms with Gasteiger partial charge in [0, 0.05) is 24.0 Å². The molecule has 0 aliphatic rings. The van der Waals surface area contributed by atoms with Crippen molar-refractivity contribution in [3.63, 3.8) is 0 Å². The van der Waals surface area contributed by atoms with Crippen molar-refractivity contribution in [1.29, 1.82) is 5.41 Å². The molecule has 2 nitrogen and oxygen atoms in total. The molecule has 2 N–H and O–H groups in total. The first kappa shape index (κ1) is 8.78. The number of rotatable bonds is 2. The average molecular weight is 162 g/mol. The quantitative estimate of drug-likeness (QED) is 0.644. The zero-order chi connectivity index (χ0) is 9.14. The Morgan fingerprint density at radius 1 is 1.42 bits per heavy atom. The van der Waals surface area contributed by atoms with Crippen LogP contribution in [0.3, 0.4) is 0 Å². The van der Waals surface area contributed by atoms with Crippen molar-refractivity contribution in [3.8, 4) is 0 Å². The van der Waals surface area contributed by atoms with Gasteiger partial charge in [-0.05, 0) is 26.0 Å². The third-order valence-electron chi connectivity index (χ3n) is 1.85. The molecule has 64 valence electrons. The summed E-state index contributed by atoms with van der Waals surface area (Å²) in [4.78, 5) is 0. The van der Waals surface area contributed by atoms with Crippen LogP contribution < -0.4 is 5.32 Å². The van der Waals surface area contributed by atoms with Crippen LogP contribution >= 0.6 is 0 Å². The molecular weight excluding hydrogens is 148 g/mol. The Kier molecular flexibility index (Phi) is 2.48. The van der Waals surface area contributed by atoms with Crippen molar-refractivity contribution in [2.24, 2.45) is 0 Å². The van der Waals surface area contributed by atoms with Gasteiger partial charge in [-0.1, -0.05) is 11.6 Å². The maximum atomic E-state index is 7.54. The largest absolute Gasteiger partial charge is 0.388 e. The molecule has 0 bridgehead atoms. The monoisotopic (exact) mass is 162 g/mol. The third-order valence-corrected chi connectivity index (χ3v) is 1.85. The maximum Gasteiger partial charge on any atom is 0.0429 e. The standard InChI is InChI=1S/C10H14N2/c1-7-4-5-10(12-3)9(6-7)8(2)11/h4-6,11-12H,1-3H3. The van der Waals surface area contributed by atoms with Gasteiger partial charge in [-0.15, -0.1) is 0 Å². The molecule has 0 saturated carbocycles. The van der Waals surface area contributed by atoms with E-state index < -0.39 is 0 Å². The molecular formula is C10H14N2. The summed E-state index contributed by atoms with van der Waals surface area (Å²) in [6, 6.07) is 6.06. The normalized spacial score (nSPS) is 9.58. The van der Waals surface area contributed by atoms with Crippen LogP contribution in [-0.2, 0) is 0 Å². The fourth-order valence-corrected chi connectivity index (χ4v) is 1.19. The maximum absolute atomic E-state index is 7.54. The minimum absolute atomic E-state index is 0.600. The Hall–Kier alpha value is -1.31. The van der Waals surface area contributed by atoms with Crippen molar-refractivity contribution < 1.29 is 0 Å². The number of hydrogen-bond donors (Lipinski definition) is 2. The van der Waals surface area contributed by atoms with Gasteiger partial charge in [-0.2, -0.15) is 0 Å². The highest BCUT2D eigenvalue weighted by molar-refractivity contribution is 6.01. The minimum Gasteiger partial charge on any atom is -0.388 e. The summed E-state index contributed by atoms with van der Waals surface area (Å²) in [5, 5.41) is 10.6. The van der Waals surface area contributed by atoms with E-state index in [1.54, 1.807) is 6.92 Å². The van der Waals surface area contributed by atoms with Crippen LogP contribution in [0.1, 0.15) is 18.1 Å². The molecule has 0 aliphatic carbocycles. The fraction of sp³-hybridized carbons (Fsp3) is 0.300. The van der Waals surface area contributed by atoms with Crippen molar-refractivity contribution in [2.75, 3.05) is 12.4 Å². The molecule has 0 atom stereocenters. The van der Waals surface area contributed by atoms with E-state index in [0.717, 1.165) is 11.3 Å². The lowest BCUT2D eigenvalue weighted by Crippen LogP contribution is -2.00. The lowest BCUT2D eigenvalue weighted by molar-refractivity contribution is 1.38. The predicted molar refractivity (Wildman–Crippen MR) is 53.2 cm³/mol. The van der Waals surface area contributed by atoms with Gasteiger partial charge in [0.05, 0.1) is 0 Å². The molecule has 0 unspecified atom stereocenters. The molecule has 0 radical (unpaired) electrons. The summed E-state index contributed by atoms with van der Waals surface area (Å²) in [6.07, 6.45) is 0. The van der Waals surface area contributed by atoms with Gasteiger partial charge in [0.15, 0.2) is 0 Å². The molecule has 0 amide bonds. The summed E-state index contributed by atoms with van der Waals surface area (Å²) in [5.74, 6) is 0. The zero-order valence-electron chi connectivity index (χ0n) is 7.73. The zero-order valence-corrected chi connectivity index (χ0v) is 7.73. The topological polar surface area (TPSA) is 35.9 Å². The summed E-state index contributed by atoms with van der Waals surface area (Å²) in [7, 11) is 1.87. The highest BCUT2D eigenvalue weighted by atomic mass is 14.8. The van der Waals surface area contributed by atoms with E-state index in [0.29, 0.717) is 5.71 Å². The van der Waals surface area contributed by atoms with E-state index in [9.17, 15) is 0 Å². The smallest absolute Gasteiger partial charge is 0.0429 e. The van der Waals surface area contributed by atoms with E-state index in [1.807, 2.05) is 32.2 Å². The molecule has 0 saturated heterocycles. The number of nitrogens with one attached hydrogen (secondary N) is 2. The Balaban J connectivity index is 3.21. The van der Waals surface area contributed by atoms with Gasteiger partial charge in [0.2, 0.25) is 0 Å². The molecule has 1 aromatic carbocycles. The van der Waals surface area contributed by atoms with Crippen LogP contribution in [0.5, 0.6) is 0 Å². The lowest BCUT2D eigenvalue weighted by atomic mass is 10.1. The first-order chi connectivity index (χ1) is 5.65. The van der Waals surface area contributed by atoms with Gasteiger partial charge < -0.3 is 10.7 Å². The van der Waals surface area contributed by atoms with E-state index >= 15 is 0 Å². The van der Waals surface area contributed by atoms with E-state index in [2.05, 4.69) is 5.32 Å². The highest BCUT2D eigenvalue weighted by Crippen LogP contribution is 2.16. The van der Waals surface area contributed by atoms with Crippen molar-refractivity contribution >= 4 is 11.4 Å². The van der Waals surface area contributed by atoms with Gasteiger partial charge in [0.25, 0.3) is 0 Å². The Labute approximate surface area is 73.1 Å². The van der Waals surface area contributed by atoms with Crippen LogP contribution in [-0.4, -0.2) is 12.8 Å². The van der Waals surface area contributed by atoms with E-state index in [4.69, 9.17) is 5.41 Å². The van der Waals surface area contributed by atoms with Gasteiger partial charge in [0.1, 0.15) is 0 Å². The molecule has 1 rings (SSSR count). The van der Waals surface area contributed by atoms with Crippen LogP contribution in [0.2, 0.25) is 0 Å². The first-order valence-corrected chi connectivity index (χ1v) is 3.99. The second-order valence-electron chi connectivity index (χ2n) is 2.92. The minimum atomic E-state index is 0.600. The first-order valence-electron chi connectivity index (χ1n) is 3.99. The van der Waals surface area contributed by atoms with Crippen LogP contribution in [0.25, 0.3) is 0 Å². The molecule has 2 heteroatoms. The Morgan fingerprint density at radius 3 is 2.58 bits per heavy atom. The van der Waals surface area contributed by atoms with Crippen LogP contribution in [0.4, 0.5) is 5.69 Å². The molecule has 0 heterocycles. The average Bonchev–Trinajstić information content (AvgIpc) is 2.04. The second kappa shape index (κ2) is 3.39. The highest BCUT2D eigenvalue weighted by Gasteiger charge is 2.01. The molecule has 12 heavy (non-hydrogen) atoms. The number of anilines is 1. The van der Waals surface area contributed by atoms with E-state index in [-0.39, 0.29) is 0 Å². The lowest BCUT2D eigenvalue weighted by Gasteiger charge is -2.08. The summed E-state index contributed by atoms with van der Waals surface area (Å²) in [6.45, 7) is 3.83. The number of hydrogen-bond acceptors (Lipinski definition) is 2. The summed E-state index contributed by atoms with van der Waals surface area (Å²) < 4.78 is 0. The van der Waals surface area contributed by atoms with Crippen molar-refractivity contribution in [3.05, 3.63) is 29.3 Å². The van der Waals surface area contributed by atoms with Gasteiger partial charge >= 0.3 is 0 Å². The van der Waals surface area contributed by atoms with E-state index in [1.165, 1.54) is 5.56 Å². The van der Waals surface area contributed by atoms with Crippen molar-refractivity contribution in [1.82, 2.24) is 0 Å². The third kappa shape index (κ3) is 1.64. The number of aryl methyl sites for hydroxylation is 1. The predicted octanol–water partition coefficient (Wildman–Crippen LogP) is 2.42. The molecule has 0 aliphatic heterocycles. The second-order valence-corrected chi connectivity index (χ2v) is 2.92. The van der Waals surface area contributed by atoms with Gasteiger partial charge in [-0.25, -0.2) is 0 Å². The molecule has 1 aromatic rings.